The molecule has 11 heteroatoms. The minimum Gasteiger partial charge on any atom is -0.497 e. The van der Waals surface area contributed by atoms with Crippen LogP contribution in [0.2, 0.25) is 0 Å². The number of nitrogens with zero attached hydrogens (tertiary/aromatic N) is 7. The Morgan fingerprint density at radius 2 is 2.06 bits per heavy atom. The summed E-state index contributed by atoms with van der Waals surface area (Å²) in [6, 6.07) is 4.60. The molecule has 4 heterocycles. The van der Waals surface area contributed by atoms with Crippen LogP contribution in [0.1, 0.15) is 17.0 Å². The fourth-order valence-electron chi connectivity index (χ4n) is 3.98. The predicted molar refractivity (Wildman–Crippen MR) is 128 cm³/mol. The van der Waals surface area contributed by atoms with Gasteiger partial charge in [0.05, 0.1) is 32.7 Å². The van der Waals surface area contributed by atoms with Crippen LogP contribution in [-0.2, 0) is 13.6 Å². The summed E-state index contributed by atoms with van der Waals surface area (Å²) in [5, 5.41) is 8.37. The van der Waals surface area contributed by atoms with Crippen LogP contribution in [0, 0.1) is 12.7 Å². The van der Waals surface area contributed by atoms with Crippen LogP contribution in [0.3, 0.4) is 0 Å². The molecule has 5 rings (SSSR count). The van der Waals surface area contributed by atoms with E-state index in [2.05, 4.69) is 15.2 Å². The van der Waals surface area contributed by atoms with E-state index in [0.29, 0.717) is 35.3 Å². The van der Waals surface area contributed by atoms with Gasteiger partial charge in [-0.25, -0.2) is 9.38 Å². The molecule has 0 saturated carbocycles. The Balaban J connectivity index is 1.59. The second-order valence-corrected chi connectivity index (χ2v) is 8.15. The van der Waals surface area contributed by atoms with Gasteiger partial charge in [0.1, 0.15) is 40.9 Å². The summed E-state index contributed by atoms with van der Waals surface area (Å²) in [4.78, 5) is 16.2. The molecule has 0 spiro atoms. The van der Waals surface area contributed by atoms with Crippen LogP contribution in [0.5, 0.6) is 11.5 Å². The lowest BCUT2D eigenvalue weighted by Gasteiger charge is -2.37. The summed E-state index contributed by atoms with van der Waals surface area (Å²) in [5.74, 6) is 1.06. The first kappa shape index (κ1) is 22.5. The number of fused-ring (bicyclic) bond motifs is 1. The van der Waals surface area contributed by atoms with Crippen LogP contribution >= 0.6 is 0 Å². The number of aromatic nitrogens is 3. The number of rotatable bonds is 6. The second-order valence-electron chi connectivity index (χ2n) is 8.15. The molecule has 0 aliphatic carbocycles. The lowest BCUT2D eigenvalue weighted by atomic mass is 10.1. The highest BCUT2D eigenvalue weighted by atomic mass is 19.1. The summed E-state index contributed by atoms with van der Waals surface area (Å²) in [6.07, 6.45) is 8.65. The molecule has 2 atom stereocenters. The van der Waals surface area contributed by atoms with Crippen LogP contribution in [0.15, 0.2) is 62.2 Å². The first-order chi connectivity index (χ1) is 16.9. The molecule has 0 bridgehead atoms. The van der Waals surface area contributed by atoms with Crippen LogP contribution in [0.25, 0.3) is 0 Å². The second kappa shape index (κ2) is 9.16. The zero-order valence-electron chi connectivity index (χ0n) is 19.7. The van der Waals surface area contributed by atoms with Gasteiger partial charge in [0.15, 0.2) is 11.6 Å². The maximum Gasteiger partial charge on any atom is 0.190 e. The number of aryl methyl sites for hydroxylation is 2. The third-order valence-electron chi connectivity index (χ3n) is 5.70. The van der Waals surface area contributed by atoms with E-state index in [4.69, 9.17) is 24.0 Å². The van der Waals surface area contributed by atoms with Gasteiger partial charge in [0.25, 0.3) is 0 Å². The minimum absolute atomic E-state index is 0.0409. The summed E-state index contributed by atoms with van der Waals surface area (Å²) in [6.45, 7) is 2.16. The summed E-state index contributed by atoms with van der Waals surface area (Å²) >= 11 is 0. The Labute approximate surface area is 201 Å². The first-order valence-corrected chi connectivity index (χ1v) is 10.9. The number of methoxy groups -OCH3 is 2. The maximum atomic E-state index is 15.1. The lowest BCUT2D eigenvalue weighted by molar-refractivity contribution is 0.276. The lowest BCUT2D eigenvalue weighted by Crippen LogP contribution is -2.48. The molecular formula is C24H24FN7O3. The largest absolute Gasteiger partial charge is 0.497 e. The van der Waals surface area contributed by atoms with Gasteiger partial charge in [-0.05, 0) is 13.0 Å². The molecule has 3 aromatic rings. The molecule has 0 N–H and O–H groups in total. The Morgan fingerprint density at radius 1 is 1.20 bits per heavy atom. The molecule has 2 unspecified atom stereocenters. The van der Waals surface area contributed by atoms with Crippen molar-refractivity contribution in [2.45, 2.75) is 25.7 Å². The van der Waals surface area contributed by atoms with Crippen molar-refractivity contribution in [3.63, 3.8) is 0 Å². The van der Waals surface area contributed by atoms with Gasteiger partial charge in [0, 0.05) is 43.2 Å². The third-order valence-corrected chi connectivity index (χ3v) is 5.70. The zero-order valence-corrected chi connectivity index (χ0v) is 19.7. The van der Waals surface area contributed by atoms with E-state index < -0.39 is 12.0 Å². The number of hydrogen-bond acceptors (Lipinski definition) is 8. The Morgan fingerprint density at radius 3 is 2.74 bits per heavy atom. The van der Waals surface area contributed by atoms with Gasteiger partial charge in [-0.1, -0.05) is 11.2 Å². The van der Waals surface area contributed by atoms with E-state index in [0.717, 1.165) is 5.56 Å². The summed E-state index contributed by atoms with van der Waals surface area (Å²) in [7, 11) is 4.74. The van der Waals surface area contributed by atoms with E-state index in [1.54, 1.807) is 23.2 Å². The van der Waals surface area contributed by atoms with E-state index in [-0.39, 0.29) is 17.5 Å². The minimum atomic E-state index is -0.588. The van der Waals surface area contributed by atoms with Gasteiger partial charge in [0.2, 0.25) is 0 Å². The standard InChI is InChI=1S/C24H24FN7O3/c1-14-7-16(30-35-14)13-32-22(28-19-8-17(33-3)9-21(34-4)23(19)25)6-5-18-24(32)29-20(11-26-18)15-10-27-31(2)12-15/h5-12,18,24H,13H2,1-4H3. The average molecular weight is 478 g/mol. The number of aliphatic imine (C=N–C) groups is 3. The van der Waals surface area contributed by atoms with Gasteiger partial charge < -0.3 is 18.9 Å². The van der Waals surface area contributed by atoms with Crippen molar-refractivity contribution in [1.29, 1.82) is 0 Å². The van der Waals surface area contributed by atoms with Crippen molar-refractivity contribution in [2.75, 3.05) is 14.2 Å². The van der Waals surface area contributed by atoms with E-state index >= 15 is 4.39 Å². The number of benzene rings is 1. The zero-order chi connectivity index (χ0) is 24.5. The summed E-state index contributed by atoms with van der Waals surface area (Å²) in [5.41, 5.74) is 2.32. The molecule has 0 fully saturated rings. The topological polar surface area (TPSA) is 103 Å². The SMILES string of the molecule is COc1cc(N=C2C=CC3N=CC(c4cnn(C)c4)=NC3N2Cc2cc(C)on2)c(F)c(OC)c1. The monoisotopic (exact) mass is 477 g/mol. The van der Waals surface area contributed by atoms with Crippen molar-refractivity contribution in [2.24, 2.45) is 22.0 Å². The Hall–Kier alpha value is -4.28. The van der Waals surface area contributed by atoms with Gasteiger partial charge >= 0.3 is 0 Å². The molecular weight excluding hydrogens is 453 g/mol. The Bertz CT molecular complexity index is 1370. The smallest absolute Gasteiger partial charge is 0.190 e. The number of amidine groups is 1. The number of ether oxygens (including phenoxy) is 2. The molecule has 35 heavy (non-hydrogen) atoms. The molecule has 2 aliphatic heterocycles. The summed E-state index contributed by atoms with van der Waals surface area (Å²) < 4.78 is 32.5. The molecule has 0 radical (unpaired) electrons. The highest BCUT2D eigenvalue weighted by Gasteiger charge is 2.34. The van der Waals surface area contributed by atoms with Gasteiger partial charge in [-0.15, -0.1) is 0 Å². The molecule has 0 amide bonds. The van der Waals surface area contributed by atoms with Crippen molar-refractivity contribution < 1.29 is 18.4 Å². The maximum absolute atomic E-state index is 15.1. The average Bonchev–Trinajstić information content (AvgIpc) is 3.49. The highest BCUT2D eigenvalue weighted by Crippen LogP contribution is 2.34. The first-order valence-electron chi connectivity index (χ1n) is 10.9. The quantitative estimate of drug-likeness (QED) is 0.540. The molecule has 2 aliphatic rings. The fraction of sp³-hybridized carbons (Fsp3) is 0.292. The predicted octanol–water partition coefficient (Wildman–Crippen LogP) is 3.24. The third kappa shape index (κ3) is 4.44. The van der Waals surface area contributed by atoms with Crippen LogP contribution < -0.4 is 9.47 Å². The van der Waals surface area contributed by atoms with Crippen molar-refractivity contribution in [1.82, 2.24) is 19.8 Å². The van der Waals surface area contributed by atoms with Crippen LogP contribution in [-0.4, -0.2) is 64.0 Å². The molecule has 1 aromatic carbocycles. The van der Waals surface area contributed by atoms with E-state index in [9.17, 15) is 0 Å². The fourth-order valence-corrected chi connectivity index (χ4v) is 3.98. The van der Waals surface area contributed by atoms with Crippen molar-refractivity contribution in [3.05, 3.63) is 65.6 Å². The van der Waals surface area contributed by atoms with Crippen molar-refractivity contribution in [3.8, 4) is 11.5 Å². The number of hydrogen-bond donors (Lipinski definition) is 0. The van der Waals surface area contributed by atoms with Crippen molar-refractivity contribution >= 4 is 23.4 Å². The normalized spacial score (nSPS) is 20.2. The van der Waals surface area contributed by atoms with Gasteiger partial charge in [-0.3, -0.25) is 14.7 Å². The molecule has 180 valence electrons. The van der Waals surface area contributed by atoms with Gasteiger partial charge in [-0.2, -0.15) is 5.10 Å². The molecule has 10 nitrogen and oxygen atoms in total. The van der Waals surface area contributed by atoms with Crippen LogP contribution in [0.4, 0.5) is 10.1 Å². The number of halogens is 1. The van der Waals surface area contributed by atoms with E-state index in [1.165, 1.54) is 26.4 Å². The highest BCUT2D eigenvalue weighted by molar-refractivity contribution is 6.38. The Kier molecular flexibility index (Phi) is 5.89. The molecule has 2 aromatic heterocycles. The van der Waals surface area contributed by atoms with E-state index in [1.807, 2.05) is 37.2 Å². The molecule has 0 saturated heterocycles.